The molecule has 2 aliphatic rings. The van der Waals surface area contributed by atoms with Gasteiger partial charge in [0.15, 0.2) is 0 Å². The maximum absolute atomic E-state index is 13.0. The van der Waals surface area contributed by atoms with Gasteiger partial charge in [0.1, 0.15) is 11.5 Å². The lowest BCUT2D eigenvalue weighted by Crippen LogP contribution is -2.37. The molecule has 0 radical (unpaired) electrons. The number of benzene rings is 2. The molecule has 1 aliphatic heterocycles. The summed E-state index contributed by atoms with van der Waals surface area (Å²) >= 11 is 0. The summed E-state index contributed by atoms with van der Waals surface area (Å²) in [5.74, 6) is 2.32. The molecule has 1 aromatic heterocycles. The van der Waals surface area contributed by atoms with Crippen molar-refractivity contribution in [2.45, 2.75) is 50.5 Å². The average molecular weight is 419 g/mol. The Morgan fingerprint density at radius 1 is 0.968 bits per heavy atom. The lowest BCUT2D eigenvalue weighted by Gasteiger charge is -2.32. The number of piperidine rings is 1. The van der Waals surface area contributed by atoms with Crippen LogP contribution in [0.2, 0.25) is 0 Å². The molecular formula is C26H30N2O3. The SMILES string of the molecule is COc1ccc2[nH]cc(C3CCN(C(=O)c4ccc(OC5CCCC5)cc4)CC3)c2c1. The summed E-state index contributed by atoms with van der Waals surface area (Å²) in [6.45, 7) is 1.56. The average Bonchev–Trinajstić information content (AvgIpc) is 3.48. The number of amides is 1. The zero-order chi connectivity index (χ0) is 21.2. The van der Waals surface area contributed by atoms with Crippen molar-refractivity contribution in [2.75, 3.05) is 20.2 Å². The van der Waals surface area contributed by atoms with E-state index in [1.165, 1.54) is 23.8 Å². The molecule has 2 aromatic carbocycles. The predicted molar refractivity (Wildman–Crippen MR) is 122 cm³/mol. The Labute approximate surface area is 183 Å². The minimum absolute atomic E-state index is 0.117. The highest BCUT2D eigenvalue weighted by Gasteiger charge is 2.26. The number of H-pyrrole nitrogens is 1. The molecule has 1 N–H and O–H groups in total. The van der Waals surface area contributed by atoms with Gasteiger partial charge in [0.2, 0.25) is 0 Å². The van der Waals surface area contributed by atoms with E-state index in [1.54, 1.807) is 7.11 Å². The number of carbonyl (C=O) groups is 1. The number of hydrogen-bond acceptors (Lipinski definition) is 3. The standard InChI is InChI=1S/C26H30N2O3/c1-30-22-10-11-25-23(16-22)24(17-27-25)18-12-14-28(15-13-18)26(29)19-6-8-21(9-7-19)31-20-4-2-3-5-20/h6-11,16-18,20,27H,2-5,12-15H2,1H3. The van der Waals surface area contributed by atoms with Gasteiger partial charge in [-0.15, -0.1) is 0 Å². The van der Waals surface area contributed by atoms with Gasteiger partial charge >= 0.3 is 0 Å². The second kappa shape index (κ2) is 8.66. The summed E-state index contributed by atoms with van der Waals surface area (Å²) in [5.41, 5.74) is 3.21. The number of aromatic amines is 1. The van der Waals surface area contributed by atoms with Crippen molar-refractivity contribution in [1.82, 2.24) is 9.88 Å². The van der Waals surface area contributed by atoms with Crippen molar-refractivity contribution in [2.24, 2.45) is 0 Å². The molecule has 1 saturated carbocycles. The van der Waals surface area contributed by atoms with Crippen LogP contribution in [0.1, 0.15) is 60.4 Å². The number of hydrogen-bond donors (Lipinski definition) is 1. The minimum Gasteiger partial charge on any atom is -0.497 e. The molecule has 5 nitrogen and oxygen atoms in total. The number of carbonyl (C=O) groups excluding carboxylic acids is 1. The molecule has 162 valence electrons. The monoisotopic (exact) mass is 418 g/mol. The second-order valence-electron chi connectivity index (χ2n) is 8.77. The molecule has 2 heterocycles. The largest absolute Gasteiger partial charge is 0.497 e. The lowest BCUT2D eigenvalue weighted by molar-refractivity contribution is 0.0713. The first-order chi connectivity index (χ1) is 15.2. The molecule has 5 rings (SSSR count). The fourth-order valence-electron chi connectivity index (χ4n) is 5.04. The molecule has 3 aromatic rings. The zero-order valence-corrected chi connectivity index (χ0v) is 18.1. The normalized spacial score (nSPS) is 17.9. The Kier molecular flexibility index (Phi) is 5.58. The van der Waals surface area contributed by atoms with Crippen molar-refractivity contribution in [3.8, 4) is 11.5 Å². The van der Waals surface area contributed by atoms with Gasteiger partial charge in [0.05, 0.1) is 13.2 Å². The van der Waals surface area contributed by atoms with Crippen molar-refractivity contribution in [3.63, 3.8) is 0 Å². The molecule has 5 heteroatoms. The van der Waals surface area contributed by atoms with Crippen LogP contribution in [-0.2, 0) is 0 Å². The van der Waals surface area contributed by atoms with Crippen molar-refractivity contribution in [3.05, 3.63) is 59.8 Å². The van der Waals surface area contributed by atoms with Crippen LogP contribution in [0.25, 0.3) is 10.9 Å². The highest BCUT2D eigenvalue weighted by Crippen LogP contribution is 2.35. The second-order valence-corrected chi connectivity index (χ2v) is 8.77. The van der Waals surface area contributed by atoms with Crippen LogP contribution in [0.3, 0.4) is 0 Å². The number of nitrogens with one attached hydrogen (secondary N) is 1. The molecule has 0 bridgehead atoms. The number of rotatable bonds is 5. The van der Waals surface area contributed by atoms with E-state index in [9.17, 15) is 4.79 Å². The van der Waals surface area contributed by atoms with E-state index >= 15 is 0 Å². The van der Waals surface area contributed by atoms with E-state index in [0.29, 0.717) is 12.0 Å². The molecule has 1 saturated heterocycles. The number of aromatic nitrogens is 1. The first-order valence-electron chi connectivity index (χ1n) is 11.4. The Bertz CT molecular complexity index is 1040. The topological polar surface area (TPSA) is 54.6 Å². The van der Waals surface area contributed by atoms with E-state index in [2.05, 4.69) is 23.3 Å². The smallest absolute Gasteiger partial charge is 0.253 e. The van der Waals surface area contributed by atoms with Gasteiger partial charge in [-0.3, -0.25) is 4.79 Å². The molecule has 1 aliphatic carbocycles. The predicted octanol–water partition coefficient (Wildman–Crippen LogP) is 5.52. The lowest BCUT2D eigenvalue weighted by atomic mass is 9.89. The Morgan fingerprint density at radius 2 is 1.68 bits per heavy atom. The summed E-state index contributed by atoms with van der Waals surface area (Å²) < 4.78 is 11.4. The summed E-state index contributed by atoms with van der Waals surface area (Å²) in [7, 11) is 1.70. The van der Waals surface area contributed by atoms with E-state index in [4.69, 9.17) is 9.47 Å². The summed E-state index contributed by atoms with van der Waals surface area (Å²) in [4.78, 5) is 18.4. The van der Waals surface area contributed by atoms with Gasteiger partial charge in [0.25, 0.3) is 5.91 Å². The number of methoxy groups -OCH3 is 1. The maximum atomic E-state index is 13.0. The summed E-state index contributed by atoms with van der Waals surface area (Å²) in [6.07, 6.45) is 9.18. The zero-order valence-electron chi connectivity index (χ0n) is 18.1. The molecule has 2 fully saturated rings. The summed E-state index contributed by atoms with van der Waals surface area (Å²) in [5, 5.41) is 1.22. The third-order valence-corrected chi connectivity index (χ3v) is 6.85. The van der Waals surface area contributed by atoms with E-state index in [0.717, 1.165) is 61.4 Å². The quantitative estimate of drug-likeness (QED) is 0.594. The highest BCUT2D eigenvalue weighted by atomic mass is 16.5. The number of ether oxygens (including phenoxy) is 2. The fraction of sp³-hybridized carbons (Fsp3) is 0.423. The number of nitrogens with zero attached hydrogens (tertiary/aromatic N) is 1. The van der Waals surface area contributed by atoms with E-state index < -0.39 is 0 Å². The van der Waals surface area contributed by atoms with Gasteiger partial charge in [-0.1, -0.05) is 0 Å². The molecule has 31 heavy (non-hydrogen) atoms. The molecule has 0 unspecified atom stereocenters. The summed E-state index contributed by atoms with van der Waals surface area (Å²) in [6, 6.07) is 13.9. The van der Waals surface area contributed by atoms with Gasteiger partial charge < -0.3 is 19.4 Å². The Hall–Kier alpha value is -2.95. The van der Waals surface area contributed by atoms with Crippen LogP contribution in [0.5, 0.6) is 11.5 Å². The molecule has 0 atom stereocenters. The van der Waals surface area contributed by atoms with Gasteiger partial charge in [-0.2, -0.15) is 0 Å². The van der Waals surface area contributed by atoms with Gasteiger partial charge in [-0.05, 0) is 92.5 Å². The third-order valence-electron chi connectivity index (χ3n) is 6.85. The van der Waals surface area contributed by atoms with Gasteiger partial charge in [-0.25, -0.2) is 0 Å². The van der Waals surface area contributed by atoms with Crippen molar-refractivity contribution >= 4 is 16.8 Å². The first kappa shape index (κ1) is 20.0. The Balaban J connectivity index is 1.21. The van der Waals surface area contributed by atoms with Crippen LogP contribution in [0, 0.1) is 0 Å². The first-order valence-corrected chi connectivity index (χ1v) is 11.4. The fourth-order valence-corrected chi connectivity index (χ4v) is 5.04. The molecular weight excluding hydrogens is 388 g/mol. The van der Waals surface area contributed by atoms with Crippen LogP contribution in [0.15, 0.2) is 48.7 Å². The van der Waals surface area contributed by atoms with Crippen molar-refractivity contribution in [1.29, 1.82) is 0 Å². The maximum Gasteiger partial charge on any atom is 0.253 e. The van der Waals surface area contributed by atoms with Gasteiger partial charge in [0, 0.05) is 35.8 Å². The molecule has 1 amide bonds. The highest BCUT2D eigenvalue weighted by molar-refractivity contribution is 5.94. The van der Waals surface area contributed by atoms with Crippen LogP contribution < -0.4 is 9.47 Å². The van der Waals surface area contributed by atoms with Crippen molar-refractivity contribution < 1.29 is 14.3 Å². The minimum atomic E-state index is 0.117. The molecule has 0 spiro atoms. The van der Waals surface area contributed by atoms with E-state index in [-0.39, 0.29) is 5.91 Å². The third kappa shape index (κ3) is 4.14. The van der Waals surface area contributed by atoms with Crippen LogP contribution >= 0.6 is 0 Å². The number of likely N-dealkylation sites (tertiary alicyclic amines) is 1. The van der Waals surface area contributed by atoms with Crippen LogP contribution in [0.4, 0.5) is 0 Å². The number of fused-ring (bicyclic) bond motifs is 1. The van der Waals surface area contributed by atoms with Crippen LogP contribution in [-0.4, -0.2) is 42.1 Å². The van der Waals surface area contributed by atoms with E-state index in [1.807, 2.05) is 35.2 Å². The Morgan fingerprint density at radius 3 is 2.39 bits per heavy atom.